The third-order valence-corrected chi connectivity index (χ3v) is 5.16. The van der Waals surface area contributed by atoms with Gasteiger partial charge in [-0.25, -0.2) is 0 Å². The highest BCUT2D eigenvalue weighted by molar-refractivity contribution is 6.42. The molecule has 0 saturated heterocycles. The van der Waals surface area contributed by atoms with Crippen LogP contribution in [0.4, 0.5) is 0 Å². The predicted molar refractivity (Wildman–Crippen MR) is 107 cm³/mol. The fourth-order valence-corrected chi connectivity index (χ4v) is 3.80. The summed E-state index contributed by atoms with van der Waals surface area (Å²) in [4.78, 5) is 0. The summed E-state index contributed by atoms with van der Waals surface area (Å²) in [6.45, 7) is 10.6. The molecule has 0 amide bonds. The normalized spacial score (nSPS) is 13.5. The smallest absolute Gasteiger partial charge is 0.0595 e. The maximum absolute atomic E-state index is 6.20. The molecule has 0 N–H and O–H groups in total. The van der Waals surface area contributed by atoms with Crippen molar-refractivity contribution in [3.05, 3.63) is 81.4 Å². The maximum atomic E-state index is 6.20. The molecule has 128 valence electrons. The molecule has 0 fully saturated rings. The van der Waals surface area contributed by atoms with Crippen LogP contribution in [0.2, 0.25) is 10.0 Å². The third kappa shape index (κ3) is 5.40. The van der Waals surface area contributed by atoms with Gasteiger partial charge in [0.1, 0.15) is 0 Å². The van der Waals surface area contributed by atoms with Crippen molar-refractivity contribution >= 4 is 23.2 Å². The van der Waals surface area contributed by atoms with E-state index >= 15 is 0 Å². The number of hydrogen-bond acceptors (Lipinski definition) is 0. The first-order valence-electron chi connectivity index (χ1n) is 8.52. The number of hydrogen-bond donors (Lipinski definition) is 0. The third-order valence-electron chi connectivity index (χ3n) is 4.42. The second-order valence-corrected chi connectivity index (χ2v) is 7.75. The van der Waals surface area contributed by atoms with Crippen LogP contribution in [0.15, 0.2) is 49.1 Å². The molecule has 2 heteroatoms. The highest BCUT2D eigenvalue weighted by Gasteiger charge is 2.16. The van der Waals surface area contributed by atoms with E-state index in [2.05, 4.69) is 51.6 Å². The zero-order valence-electron chi connectivity index (χ0n) is 14.8. The quantitative estimate of drug-likeness (QED) is 0.447. The van der Waals surface area contributed by atoms with Crippen LogP contribution in [0.25, 0.3) is 0 Å². The van der Waals surface area contributed by atoms with Crippen LogP contribution >= 0.6 is 23.2 Å². The lowest BCUT2D eigenvalue weighted by atomic mass is 9.84. The molecule has 0 heterocycles. The Morgan fingerprint density at radius 3 is 2.25 bits per heavy atom. The molecule has 1 unspecified atom stereocenters. The molecule has 24 heavy (non-hydrogen) atoms. The summed E-state index contributed by atoms with van der Waals surface area (Å²) in [5.74, 6) is 1.02. The number of aryl methyl sites for hydroxylation is 2. The molecule has 0 nitrogen and oxygen atoms in total. The van der Waals surface area contributed by atoms with Crippen LogP contribution in [-0.2, 0) is 6.42 Å². The van der Waals surface area contributed by atoms with E-state index in [1.165, 1.54) is 22.3 Å². The molecular formula is C22H26Cl2. The van der Waals surface area contributed by atoms with Gasteiger partial charge in [-0.3, -0.25) is 0 Å². The number of rotatable bonds is 7. The molecule has 0 aliphatic carbocycles. The summed E-state index contributed by atoms with van der Waals surface area (Å²) in [6.07, 6.45) is 5.15. The van der Waals surface area contributed by atoms with E-state index in [9.17, 15) is 0 Å². The van der Waals surface area contributed by atoms with Gasteiger partial charge >= 0.3 is 0 Å². The largest absolute Gasteiger partial charge is 0.103 e. The van der Waals surface area contributed by atoms with Crippen LogP contribution in [-0.4, -0.2) is 0 Å². The Bertz CT molecular complexity index is 683. The van der Waals surface area contributed by atoms with Crippen molar-refractivity contribution in [3.8, 4) is 0 Å². The molecule has 0 aliphatic heterocycles. The first-order chi connectivity index (χ1) is 11.4. The lowest BCUT2D eigenvalue weighted by molar-refractivity contribution is 0.465. The average molecular weight is 361 g/mol. The summed E-state index contributed by atoms with van der Waals surface area (Å²) in [7, 11) is 0. The van der Waals surface area contributed by atoms with Crippen LogP contribution in [0.1, 0.15) is 47.9 Å². The number of allylic oxidation sites excluding steroid dienone is 1. The van der Waals surface area contributed by atoms with E-state index in [4.69, 9.17) is 23.2 Å². The van der Waals surface area contributed by atoms with Crippen LogP contribution in [0, 0.1) is 19.8 Å². The van der Waals surface area contributed by atoms with Crippen LogP contribution < -0.4 is 0 Å². The summed E-state index contributed by atoms with van der Waals surface area (Å²) < 4.78 is 0. The molecule has 2 aromatic carbocycles. The van der Waals surface area contributed by atoms with Gasteiger partial charge in [-0.05, 0) is 68.2 Å². The average Bonchev–Trinajstić information content (AvgIpc) is 2.48. The maximum Gasteiger partial charge on any atom is 0.0595 e. The van der Waals surface area contributed by atoms with E-state index in [0.29, 0.717) is 21.9 Å². The minimum absolute atomic E-state index is 0.429. The molecule has 0 aliphatic rings. The Labute approximate surface area is 156 Å². The van der Waals surface area contributed by atoms with Gasteiger partial charge in [0.05, 0.1) is 10.0 Å². The molecule has 0 bridgehead atoms. The second-order valence-electron chi connectivity index (χ2n) is 6.94. The Morgan fingerprint density at radius 2 is 1.67 bits per heavy atom. The lowest BCUT2D eigenvalue weighted by Crippen LogP contribution is -2.08. The first-order valence-corrected chi connectivity index (χ1v) is 9.27. The second kappa shape index (κ2) is 8.74. The van der Waals surface area contributed by atoms with Gasteiger partial charge in [0, 0.05) is 0 Å². The topological polar surface area (TPSA) is 0 Å². The van der Waals surface area contributed by atoms with E-state index in [1.54, 1.807) is 0 Å². The molecular weight excluding hydrogens is 335 g/mol. The Morgan fingerprint density at radius 1 is 1.00 bits per heavy atom. The van der Waals surface area contributed by atoms with Crippen molar-refractivity contribution < 1.29 is 0 Å². The van der Waals surface area contributed by atoms with Gasteiger partial charge in [-0.2, -0.15) is 0 Å². The summed E-state index contributed by atoms with van der Waals surface area (Å²) in [5, 5.41) is 1.24. The highest BCUT2D eigenvalue weighted by Crippen LogP contribution is 2.33. The van der Waals surface area contributed by atoms with Gasteiger partial charge < -0.3 is 0 Å². The predicted octanol–water partition coefficient (Wildman–Crippen LogP) is 7.54. The zero-order chi connectivity index (χ0) is 17.7. The Balaban J connectivity index is 2.11. The summed E-state index contributed by atoms with van der Waals surface area (Å²) >= 11 is 12.3. The first kappa shape index (κ1) is 19.1. The monoisotopic (exact) mass is 360 g/mol. The molecule has 0 spiro atoms. The fraction of sp³-hybridized carbons (Fsp3) is 0.364. The molecule has 0 radical (unpaired) electrons. The van der Waals surface area contributed by atoms with E-state index in [1.807, 2.05) is 18.2 Å². The standard InChI is InChI=1S/C22H26Cl2/c1-5-6-19(20-7-8-21(23)22(24)14-20)13-17(4)12-18-10-15(2)9-16(3)11-18/h5,7-11,14,17,19H,1,6,12-13H2,2-4H3/t17?,19-/m1/s1. The summed E-state index contributed by atoms with van der Waals surface area (Å²) in [6, 6.07) is 12.8. The van der Waals surface area contributed by atoms with Gasteiger partial charge in [0.15, 0.2) is 0 Å². The van der Waals surface area contributed by atoms with Crippen molar-refractivity contribution in [1.29, 1.82) is 0 Å². The molecule has 2 rings (SSSR count). The summed E-state index contributed by atoms with van der Waals surface area (Å²) in [5.41, 5.74) is 5.34. The van der Waals surface area contributed by atoms with Crippen molar-refractivity contribution in [1.82, 2.24) is 0 Å². The Kier molecular flexibility index (Phi) is 6.95. The van der Waals surface area contributed by atoms with Gasteiger partial charge in [0.2, 0.25) is 0 Å². The van der Waals surface area contributed by atoms with Crippen molar-refractivity contribution in [2.24, 2.45) is 5.92 Å². The van der Waals surface area contributed by atoms with Crippen molar-refractivity contribution in [2.45, 2.75) is 46.0 Å². The van der Waals surface area contributed by atoms with Crippen molar-refractivity contribution in [2.75, 3.05) is 0 Å². The van der Waals surface area contributed by atoms with Gasteiger partial charge in [0.25, 0.3) is 0 Å². The highest BCUT2D eigenvalue weighted by atomic mass is 35.5. The van der Waals surface area contributed by atoms with Crippen LogP contribution in [0.3, 0.4) is 0 Å². The van der Waals surface area contributed by atoms with E-state index in [0.717, 1.165) is 19.3 Å². The van der Waals surface area contributed by atoms with E-state index in [-0.39, 0.29) is 0 Å². The molecule has 2 aromatic rings. The van der Waals surface area contributed by atoms with Crippen LogP contribution in [0.5, 0.6) is 0 Å². The number of halogens is 2. The fourth-order valence-electron chi connectivity index (χ4n) is 3.49. The van der Waals surface area contributed by atoms with Crippen molar-refractivity contribution in [3.63, 3.8) is 0 Å². The minimum atomic E-state index is 0.429. The SMILES string of the molecule is C=CC[C@H](CC(C)Cc1cc(C)cc(C)c1)c1ccc(Cl)c(Cl)c1. The molecule has 0 aromatic heterocycles. The van der Waals surface area contributed by atoms with E-state index < -0.39 is 0 Å². The zero-order valence-corrected chi connectivity index (χ0v) is 16.3. The minimum Gasteiger partial charge on any atom is -0.103 e. The van der Waals surface area contributed by atoms with Gasteiger partial charge in [-0.15, -0.1) is 6.58 Å². The lowest BCUT2D eigenvalue weighted by Gasteiger charge is -2.21. The van der Waals surface area contributed by atoms with Gasteiger partial charge in [-0.1, -0.05) is 71.6 Å². The Hall–Kier alpha value is -1.24. The molecule has 2 atom stereocenters. The molecule has 0 saturated carbocycles. The number of benzene rings is 2.